The first-order valence-corrected chi connectivity index (χ1v) is 7.84. The van der Waals surface area contributed by atoms with Crippen molar-refractivity contribution in [2.45, 2.75) is 59.0 Å². The molecule has 120 valence electrons. The van der Waals surface area contributed by atoms with E-state index < -0.39 is 0 Å². The van der Waals surface area contributed by atoms with Gasteiger partial charge in [0.25, 0.3) is 0 Å². The third kappa shape index (κ3) is 3.19. The zero-order valence-electron chi connectivity index (χ0n) is 13.6. The van der Waals surface area contributed by atoms with E-state index in [1.54, 1.807) is 6.92 Å². The standard InChI is InChI=1S/C15H23N5O2/c1-9(2)7-12-18-13(22-19-12)8-16-15(4,11-5-6-11)14-17-10(3)21-20-14/h9,11,16H,5-8H2,1-4H3. The molecule has 22 heavy (non-hydrogen) atoms. The topological polar surface area (TPSA) is 89.9 Å². The van der Waals surface area contributed by atoms with E-state index in [-0.39, 0.29) is 5.54 Å². The van der Waals surface area contributed by atoms with E-state index in [4.69, 9.17) is 9.05 Å². The number of nitrogens with one attached hydrogen (secondary N) is 1. The van der Waals surface area contributed by atoms with E-state index in [1.807, 2.05) is 0 Å². The van der Waals surface area contributed by atoms with Crippen molar-refractivity contribution in [3.8, 4) is 0 Å². The Morgan fingerprint density at radius 2 is 2.00 bits per heavy atom. The minimum atomic E-state index is -0.315. The summed E-state index contributed by atoms with van der Waals surface area (Å²) in [4.78, 5) is 8.82. The molecule has 2 aromatic rings. The highest BCUT2D eigenvalue weighted by atomic mass is 16.5. The third-order valence-electron chi connectivity index (χ3n) is 4.09. The monoisotopic (exact) mass is 305 g/mol. The van der Waals surface area contributed by atoms with E-state index in [2.05, 4.69) is 46.4 Å². The van der Waals surface area contributed by atoms with Crippen molar-refractivity contribution in [1.29, 1.82) is 0 Å². The molecule has 1 N–H and O–H groups in total. The number of aryl methyl sites for hydroxylation is 1. The zero-order chi connectivity index (χ0) is 15.7. The van der Waals surface area contributed by atoms with E-state index in [0.717, 1.165) is 12.2 Å². The first-order chi connectivity index (χ1) is 10.5. The number of rotatable bonds is 7. The molecule has 0 amide bonds. The predicted molar refractivity (Wildman–Crippen MR) is 78.8 cm³/mol. The summed E-state index contributed by atoms with van der Waals surface area (Å²) in [5.74, 6) is 3.67. The van der Waals surface area contributed by atoms with Crippen LogP contribution in [0.15, 0.2) is 9.05 Å². The molecule has 7 nitrogen and oxygen atoms in total. The number of aromatic nitrogens is 4. The van der Waals surface area contributed by atoms with Crippen molar-refractivity contribution < 1.29 is 9.05 Å². The van der Waals surface area contributed by atoms with Crippen LogP contribution in [0.5, 0.6) is 0 Å². The van der Waals surface area contributed by atoms with Gasteiger partial charge in [0.05, 0.1) is 12.1 Å². The number of hydrogen-bond acceptors (Lipinski definition) is 7. The molecule has 1 aliphatic rings. The molecule has 1 atom stereocenters. The maximum atomic E-state index is 5.31. The summed E-state index contributed by atoms with van der Waals surface area (Å²) in [6.45, 7) is 8.69. The van der Waals surface area contributed by atoms with E-state index in [0.29, 0.717) is 36.0 Å². The average Bonchev–Trinajstić information content (AvgIpc) is 3.09. The maximum absolute atomic E-state index is 5.31. The Kier molecular flexibility index (Phi) is 3.99. The molecule has 2 heterocycles. The molecule has 0 saturated heterocycles. The van der Waals surface area contributed by atoms with Crippen molar-refractivity contribution in [2.75, 3.05) is 0 Å². The van der Waals surface area contributed by atoms with Crippen LogP contribution in [0.2, 0.25) is 0 Å². The van der Waals surface area contributed by atoms with Crippen LogP contribution in [0.25, 0.3) is 0 Å². The third-order valence-corrected chi connectivity index (χ3v) is 4.09. The van der Waals surface area contributed by atoms with Gasteiger partial charge in [0.1, 0.15) is 0 Å². The number of nitrogens with zero attached hydrogens (tertiary/aromatic N) is 4. The Labute approximate surface area is 129 Å². The second-order valence-corrected chi connectivity index (χ2v) is 6.67. The lowest BCUT2D eigenvalue weighted by molar-refractivity contribution is 0.260. The first kappa shape index (κ1) is 15.1. The molecular weight excluding hydrogens is 282 g/mol. The Balaban J connectivity index is 1.68. The molecule has 2 aromatic heterocycles. The Morgan fingerprint density at radius 3 is 2.59 bits per heavy atom. The Bertz CT molecular complexity index is 631. The van der Waals surface area contributed by atoms with Gasteiger partial charge in [0.2, 0.25) is 11.8 Å². The van der Waals surface area contributed by atoms with Gasteiger partial charge in [-0.25, -0.2) is 0 Å². The average molecular weight is 305 g/mol. The first-order valence-electron chi connectivity index (χ1n) is 7.84. The SMILES string of the molecule is Cc1nc(C(C)(NCc2nc(CC(C)C)no2)C2CC2)no1. The predicted octanol–water partition coefficient (Wildman–Crippen LogP) is 2.37. The highest BCUT2D eigenvalue weighted by Crippen LogP contribution is 2.44. The molecule has 1 aliphatic carbocycles. The summed E-state index contributed by atoms with van der Waals surface area (Å²) in [5.41, 5.74) is -0.315. The van der Waals surface area contributed by atoms with Crippen molar-refractivity contribution in [2.24, 2.45) is 11.8 Å². The lowest BCUT2D eigenvalue weighted by Gasteiger charge is -2.26. The van der Waals surface area contributed by atoms with Crippen LogP contribution in [0.1, 0.15) is 57.0 Å². The largest absolute Gasteiger partial charge is 0.340 e. The molecule has 0 spiro atoms. The lowest BCUT2D eigenvalue weighted by atomic mass is 9.95. The normalized spacial score (nSPS) is 17.9. The van der Waals surface area contributed by atoms with Crippen molar-refractivity contribution in [1.82, 2.24) is 25.6 Å². The quantitative estimate of drug-likeness (QED) is 0.839. The molecule has 1 unspecified atom stereocenters. The summed E-state index contributed by atoms with van der Waals surface area (Å²) in [5, 5.41) is 11.6. The summed E-state index contributed by atoms with van der Waals surface area (Å²) in [7, 11) is 0. The molecule has 7 heteroatoms. The molecular formula is C15H23N5O2. The summed E-state index contributed by atoms with van der Waals surface area (Å²) >= 11 is 0. The van der Waals surface area contributed by atoms with Crippen molar-refractivity contribution in [3.63, 3.8) is 0 Å². The van der Waals surface area contributed by atoms with Gasteiger partial charge >= 0.3 is 0 Å². The van der Waals surface area contributed by atoms with E-state index >= 15 is 0 Å². The van der Waals surface area contributed by atoms with E-state index in [9.17, 15) is 0 Å². The van der Waals surface area contributed by atoms with Crippen LogP contribution in [0.4, 0.5) is 0 Å². The van der Waals surface area contributed by atoms with Gasteiger partial charge in [0, 0.05) is 13.3 Å². The van der Waals surface area contributed by atoms with Gasteiger partial charge < -0.3 is 9.05 Å². The molecule has 1 saturated carbocycles. The molecule has 0 aliphatic heterocycles. The van der Waals surface area contributed by atoms with Crippen LogP contribution >= 0.6 is 0 Å². The minimum absolute atomic E-state index is 0.315. The molecule has 0 aromatic carbocycles. The fourth-order valence-corrected chi connectivity index (χ4v) is 2.65. The fourth-order valence-electron chi connectivity index (χ4n) is 2.65. The van der Waals surface area contributed by atoms with Crippen molar-refractivity contribution in [3.05, 3.63) is 23.4 Å². The Morgan fingerprint density at radius 1 is 1.23 bits per heavy atom. The maximum Gasteiger partial charge on any atom is 0.240 e. The minimum Gasteiger partial charge on any atom is -0.340 e. The van der Waals surface area contributed by atoms with Crippen LogP contribution in [0.3, 0.4) is 0 Å². The number of hydrogen-bond donors (Lipinski definition) is 1. The summed E-state index contributed by atoms with van der Waals surface area (Å²) < 4.78 is 10.5. The molecule has 0 bridgehead atoms. The highest BCUT2D eigenvalue weighted by Gasteiger charge is 2.46. The smallest absolute Gasteiger partial charge is 0.240 e. The van der Waals surface area contributed by atoms with Gasteiger partial charge in [-0.05, 0) is 31.6 Å². The highest BCUT2D eigenvalue weighted by molar-refractivity contribution is 5.10. The van der Waals surface area contributed by atoms with Crippen LogP contribution in [0, 0.1) is 18.8 Å². The van der Waals surface area contributed by atoms with Crippen molar-refractivity contribution >= 4 is 0 Å². The second kappa shape index (κ2) is 5.79. The van der Waals surface area contributed by atoms with Gasteiger partial charge in [0.15, 0.2) is 11.6 Å². The van der Waals surface area contributed by atoms with Gasteiger partial charge in [-0.1, -0.05) is 24.2 Å². The summed E-state index contributed by atoms with van der Waals surface area (Å²) in [6.07, 6.45) is 3.16. The second-order valence-electron chi connectivity index (χ2n) is 6.67. The van der Waals surface area contributed by atoms with Gasteiger partial charge in [-0.3, -0.25) is 5.32 Å². The van der Waals surface area contributed by atoms with Crippen LogP contribution in [-0.2, 0) is 18.5 Å². The van der Waals surface area contributed by atoms with Crippen LogP contribution < -0.4 is 5.32 Å². The van der Waals surface area contributed by atoms with E-state index in [1.165, 1.54) is 12.8 Å². The van der Waals surface area contributed by atoms with Gasteiger partial charge in [-0.15, -0.1) is 0 Å². The zero-order valence-corrected chi connectivity index (χ0v) is 13.6. The molecule has 1 fully saturated rings. The van der Waals surface area contributed by atoms with Gasteiger partial charge in [-0.2, -0.15) is 9.97 Å². The molecule has 3 rings (SSSR count). The molecule has 0 radical (unpaired) electrons. The summed E-state index contributed by atoms with van der Waals surface area (Å²) in [6, 6.07) is 0. The lowest BCUT2D eigenvalue weighted by Crippen LogP contribution is -2.42. The fraction of sp³-hybridized carbons (Fsp3) is 0.733. The van der Waals surface area contributed by atoms with Crippen LogP contribution in [-0.4, -0.2) is 20.3 Å². The Hall–Kier alpha value is -1.76.